The van der Waals surface area contributed by atoms with E-state index in [1.54, 1.807) is 18.6 Å². The zero-order chi connectivity index (χ0) is 12.9. The van der Waals surface area contributed by atoms with Crippen LogP contribution in [0.15, 0.2) is 73.2 Å². The van der Waals surface area contributed by atoms with Gasteiger partial charge in [0.05, 0.1) is 0 Å². The topological polar surface area (TPSA) is 38.7 Å². The third kappa shape index (κ3) is 2.70. The predicted molar refractivity (Wildman–Crippen MR) is 71.6 cm³/mol. The molecule has 0 aliphatic heterocycles. The van der Waals surface area contributed by atoms with Crippen LogP contribution in [0.2, 0.25) is 0 Å². The summed E-state index contributed by atoms with van der Waals surface area (Å²) in [6.07, 6.45) is 5.42. The molecule has 0 amide bonds. The van der Waals surface area contributed by atoms with Crippen molar-refractivity contribution in [2.45, 2.75) is 0 Å². The molecule has 0 fully saturated rings. The van der Waals surface area contributed by atoms with Gasteiger partial charge in [-0.05, 0) is 0 Å². The van der Waals surface area contributed by atoms with Gasteiger partial charge in [-0.2, -0.15) is 0 Å². The van der Waals surface area contributed by atoms with E-state index in [9.17, 15) is 0 Å². The second-order valence-corrected chi connectivity index (χ2v) is 5.72. The number of hydrogen-bond donors (Lipinski definition) is 0. The minimum atomic E-state index is -0.267. The summed E-state index contributed by atoms with van der Waals surface area (Å²) < 4.78 is 2.94. The van der Waals surface area contributed by atoms with E-state index < -0.39 is 0 Å². The molecule has 3 aromatic rings. The zero-order valence-corrected chi connectivity index (χ0v) is 11.0. The Morgan fingerprint density at radius 2 is 0.895 bits per heavy atom. The van der Waals surface area contributed by atoms with E-state index in [0.717, 1.165) is 13.8 Å². The normalized spacial score (nSPS) is 11.1. The van der Waals surface area contributed by atoms with Crippen molar-refractivity contribution < 1.29 is 13.9 Å². The number of nitrogens with zero attached hydrogens (tertiary/aromatic N) is 3. The quantitative estimate of drug-likeness (QED) is 0.670. The minimum absolute atomic E-state index is 0.267. The molecule has 3 nitrogen and oxygen atoms in total. The SMILES string of the molecule is c1cc[c]([Cu]([c]2ccccn2)[c]2ccccn2)nc1. The first-order valence-electron chi connectivity index (χ1n) is 5.76. The van der Waals surface area contributed by atoms with E-state index in [1.807, 2.05) is 54.6 Å². The molecule has 0 atom stereocenters. The number of rotatable bonds is 3. The van der Waals surface area contributed by atoms with E-state index in [-0.39, 0.29) is 13.9 Å². The van der Waals surface area contributed by atoms with Crippen molar-refractivity contribution in [3.05, 3.63) is 73.2 Å². The van der Waals surface area contributed by atoms with Crippen LogP contribution in [-0.2, 0) is 13.9 Å². The molecule has 0 spiro atoms. The van der Waals surface area contributed by atoms with Crippen molar-refractivity contribution in [2.75, 3.05) is 0 Å². The van der Waals surface area contributed by atoms with E-state index in [1.165, 1.54) is 0 Å². The molecule has 0 bridgehead atoms. The van der Waals surface area contributed by atoms with Gasteiger partial charge in [0.25, 0.3) is 0 Å². The van der Waals surface area contributed by atoms with Gasteiger partial charge in [-0.3, -0.25) is 0 Å². The van der Waals surface area contributed by atoms with Crippen molar-refractivity contribution >= 4 is 13.8 Å². The molecule has 0 unspecified atom stereocenters. The Bertz CT molecular complexity index is 535. The van der Waals surface area contributed by atoms with E-state index in [4.69, 9.17) is 0 Å². The summed E-state index contributed by atoms with van der Waals surface area (Å²) >= 11 is -0.267. The van der Waals surface area contributed by atoms with Crippen LogP contribution in [0.4, 0.5) is 0 Å². The summed E-state index contributed by atoms with van der Waals surface area (Å²) in [6.45, 7) is 0. The van der Waals surface area contributed by atoms with Gasteiger partial charge in [-0.15, -0.1) is 0 Å². The molecule has 19 heavy (non-hydrogen) atoms. The molecule has 0 saturated heterocycles. The molecule has 0 aliphatic carbocycles. The van der Waals surface area contributed by atoms with E-state index in [2.05, 4.69) is 15.0 Å². The Labute approximate surface area is 116 Å². The first-order valence-corrected chi connectivity index (χ1v) is 7.18. The Balaban J connectivity index is 2.12. The van der Waals surface area contributed by atoms with Crippen molar-refractivity contribution in [3.8, 4) is 0 Å². The predicted octanol–water partition coefficient (Wildman–Crippen LogP) is 0.766. The molecule has 3 heterocycles. The number of pyridine rings is 3. The molecule has 0 radical (unpaired) electrons. The molecule has 4 heteroatoms. The number of aromatic nitrogens is 3. The maximum absolute atomic E-state index is 4.46. The fourth-order valence-electron chi connectivity index (χ4n) is 1.49. The van der Waals surface area contributed by atoms with Crippen LogP contribution in [-0.4, -0.2) is 15.0 Å². The van der Waals surface area contributed by atoms with Crippen LogP contribution in [0.5, 0.6) is 0 Å². The fourth-order valence-corrected chi connectivity index (χ4v) is 3.55. The van der Waals surface area contributed by atoms with Crippen molar-refractivity contribution in [2.24, 2.45) is 0 Å². The third-order valence-electron chi connectivity index (χ3n) is 2.28. The second-order valence-electron chi connectivity index (χ2n) is 3.57. The fraction of sp³-hybridized carbons (Fsp3) is 0. The van der Waals surface area contributed by atoms with Gasteiger partial charge in [0, 0.05) is 0 Å². The molecule has 0 N–H and O–H groups in total. The Morgan fingerprint density at radius 3 is 1.16 bits per heavy atom. The van der Waals surface area contributed by atoms with Gasteiger partial charge >= 0.3 is 116 Å². The van der Waals surface area contributed by atoms with Gasteiger partial charge in [-0.25, -0.2) is 0 Å². The molecule has 3 rings (SSSR count). The molecule has 0 aliphatic rings. The monoisotopic (exact) mass is 297 g/mol. The molecule has 0 aromatic carbocycles. The van der Waals surface area contributed by atoms with Crippen molar-refractivity contribution in [1.82, 2.24) is 15.0 Å². The molecular formula is C15H12CuN3. The summed E-state index contributed by atoms with van der Waals surface area (Å²) in [5.74, 6) is 0. The van der Waals surface area contributed by atoms with Gasteiger partial charge in [-0.1, -0.05) is 0 Å². The van der Waals surface area contributed by atoms with Crippen LogP contribution in [0, 0.1) is 0 Å². The molecular weight excluding hydrogens is 286 g/mol. The molecule has 3 aromatic heterocycles. The van der Waals surface area contributed by atoms with Crippen LogP contribution in [0.3, 0.4) is 0 Å². The summed E-state index contributed by atoms with van der Waals surface area (Å²) in [4.78, 5) is 13.4. The summed E-state index contributed by atoms with van der Waals surface area (Å²) in [7, 11) is 0. The van der Waals surface area contributed by atoms with Crippen LogP contribution in [0.1, 0.15) is 0 Å². The van der Waals surface area contributed by atoms with Crippen molar-refractivity contribution in [1.29, 1.82) is 0 Å². The summed E-state index contributed by atoms with van der Waals surface area (Å²) in [6, 6.07) is 17.8. The summed E-state index contributed by atoms with van der Waals surface area (Å²) in [5, 5.41) is 0. The summed E-state index contributed by atoms with van der Waals surface area (Å²) in [5.41, 5.74) is 0. The number of hydrogen-bond acceptors (Lipinski definition) is 3. The average Bonchev–Trinajstić information content (AvgIpc) is 2.51. The average molecular weight is 298 g/mol. The first kappa shape index (κ1) is 12.0. The third-order valence-corrected chi connectivity index (χ3v) is 4.56. The Morgan fingerprint density at radius 1 is 0.526 bits per heavy atom. The maximum atomic E-state index is 4.46. The van der Waals surface area contributed by atoms with Crippen LogP contribution in [0.25, 0.3) is 0 Å². The molecule has 0 saturated carbocycles. The Kier molecular flexibility index (Phi) is 3.63. The van der Waals surface area contributed by atoms with Gasteiger partial charge in [0.1, 0.15) is 0 Å². The van der Waals surface area contributed by atoms with Gasteiger partial charge < -0.3 is 0 Å². The van der Waals surface area contributed by atoms with E-state index >= 15 is 0 Å². The van der Waals surface area contributed by atoms with Gasteiger partial charge in [0.15, 0.2) is 0 Å². The zero-order valence-electron chi connectivity index (χ0n) is 10.1. The van der Waals surface area contributed by atoms with Crippen LogP contribution < -0.4 is 13.8 Å². The van der Waals surface area contributed by atoms with Crippen LogP contribution >= 0.6 is 0 Å². The van der Waals surface area contributed by atoms with Crippen molar-refractivity contribution in [3.63, 3.8) is 0 Å². The molecule has 98 valence electrons. The second kappa shape index (κ2) is 5.74. The van der Waals surface area contributed by atoms with Gasteiger partial charge in [0.2, 0.25) is 0 Å². The first-order chi connectivity index (χ1) is 9.45. The van der Waals surface area contributed by atoms with E-state index in [0.29, 0.717) is 0 Å². The Hall–Kier alpha value is -2.03. The standard InChI is InChI=1S/3C5H4N.Cu/c3*1-2-4-6-5-3-1;/h3*1-4H;.